The van der Waals surface area contributed by atoms with Gasteiger partial charge in [-0.1, -0.05) is 38.0 Å². The molecular weight excluding hydrogens is 288 g/mol. The van der Waals surface area contributed by atoms with Crippen molar-refractivity contribution in [3.8, 4) is 0 Å². The first-order valence-electron chi connectivity index (χ1n) is 8.69. The van der Waals surface area contributed by atoms with E-state index < -0.39 is 5.97 Å². The molecule has 0 radical (unpaired) electrons. The van der Waals surface area contributed by atoms with Crippen molar-refractivity contribution in [1.82, 2.24) is 0 Å². The first-order valence-corrected chi connectivity index (χ1v) is 8.69. The van der Waals surface area contributed by atoms with E-state index in [1.54, 1.807) is 0 Å². The lowest BCUT2D eigenvalue weighted by Gasteiger charge is -2.56. The summed E-state index contributed by atoms with van der Waals surface area (Å²) in [6, 6.07) is 0. The number of allylic oxidation sites excluding steroid dienone is 3. The predicted molar refractivity (Wildman–Crippen MR) is 92.1 cm³/mol. The first-order chi connectivity index (χ1) is 10.6. The van der Waals surface area contributed by atoms with Gasteiger partial charge in [0.1, 0.15) is 5.78 Å². The number of Topliss-reactive ketones (excluding diaryl/α,β-unsaturated/α-hetero) is 1. The van der Waals surface area contributed by atoms with Gasteiger partial charge >= 0.3 is 5.97 Å². The van der Waals surface area contributed by atoms with Crippen LogP contribution in [0.3, 0.4) is 0 Å². The fraction of sp³-hybridized carbons (Fsp3) is 0.700. The molecule has 0 heterocycles. The maximum Gasteiger partial charge on any atom is 0.328 e. The van der Waals surface area contributed by atoms with Crippen LogP contribution < -0.4 is 0 Å². The molecule has 1 N–H and O–H groups in total. The van der Waals surface area contributed by atoms with Gasteiger partial charge in [-0.3, -0.25) is 4.79 Å². The Bertz CT molecular complexity index is 567. The van der Waals surface area contributed by atoms with Gasteiger partial charge in [0.05, 0.1) is 0 Å². The van der Waals surface area contributed by atoms with Gasteiger partial charge in [0.25, 0.3) is 0 Å². The van der Waals surface area contributed by atoms with Crippen molar-refractivity contribution >= 4 is 11.8 Å². The average molecular weight is 318 g/mol. The highest BCUT2D eigenvalue weighted by Crippen LogP contribution is 2.59. The van der Waals surface area contributed by atoms with Crippen LogP contribution in [0, 0.1) is 22.7 Å². The van der Waals surface area contributed by atoms with E-state index in [0.29, 0.717) is 24.0 Å². The van der Waals surface area contributed by atoms with Crippen LogP contribution in [0.25, 0.3) is 0 Å². The van der Waals surface area contributed by atoms with Crippen LogP contribution in [0.1, 0.15) is 66.7 Å². The lowest BCUT2D eigenvalue weighted by Crippen LogP contribution is -2.52. The highest BCUT2D eigenvalue weighted by atomic mass is 16.4. The standard InChI is InChI=1S/C20H30O3/c1-13(12-18(22)23)6-8-15-14(2)7-9-16-19(3,4)17(21)10-11-20(15,16)5/h7,12,15-16H,6,8-11H2,1-5H3,(H,22,23)/b13-12+/t15-,16-,20+/m0/s1. The Hall–Kier alpha value is -1.38. The number of rotatable bonds is 4. The van der Waals surface area contributed by atoms with Gasteiger partial charge in [-0.05, 0) is 56.8 Å². The molecule has 0 saturated heterocycles. The van der Waals surface area contributed by atoms with Gasteiger partial charge in [0.15, 0.2) is 0 Å². The molecule has 2 aliphatic rings. The molecule has 2 aliphatic carbocycles. The molecule has 3 heteroatoms. The molecule has 1 fully saturated rings. The molecule has 0 amide bonds. The molecule has 1 saturated carbocycles. The number of ketones is 1. The summed E-state index contributed by atoms with van der Waals surface area (Å²) in [6.45, 7) is 10.7. The minimum absolute atomic E-state index is 0.139. The summed E-state index contributed by atoms with van der Waals surface area (Å²) in [4.78, 5) is 23.2. The fourth-order valence-corrected chi connectivity index (χ4v) is 5.06. The molecule has 0 aliphatic heterocycles. The smallest absolute Gasteiger partial charge is 0.328 e. The maximum atomic E-state index is 12.4. The Balaban J connectivity index is 2.25. The molecule has 0 aromatic carbocycles. The van der Waals surface area contributed by atoms with Crippen LogP contribution in [0.2, 0.25) is 0 Å². The van der Waals surface area contributed by atoms with Crippen molar-refractivity contribution in [1.29, 1.82) is 0 Å². The number of aliphatic carboxylic acids is 1. The van der Waals surface area contributed by atoms with E-state index in [4.69, 9.17) is 5.11 Å². The number of carbonyl (C=O) groups is 2. The second-order valence-electron chi connectivity index (χ2n) is 8.31. The number of carbonyl (C=O) groups excluding carboxylic acids is 1. The minimum atomic E-state index is -0.869. The number of carboxylic acids is 1. The third-order valence-electron chi connectivity index (χ3n) is 6.50. The Morgan fingerprint density at radius 1 is 1.39 bits per heavy atom. The summed E-state index contributed by atoms with van der Waals surface area (Å²) in [5.41, 5.74) is 2.22. The second-order valence-corrected chi connectivity index (χ2v) is 8.31. The van der Waals surface area contributed by atoms with Gasteiger partial charge < -0.3 is 5.11 Å². The van der Waals surface area contributed by atoms with E-state index in [0.717, 1.165) is 31.3 Å². The number of hydrogen-bond donors (Lipinski definition) is 1. The van der Waals surface area contributed by atoms with Gasteiger partial charge in [-0.25, -0.2) is 4.79 Å². The third kappa shape index (κ3) is 3.29. The molecule has 3 atom stereocenters. The van der Waals surface area contributed by atoms with Crippen molar-refractivity contribution in [2.45, 2.75) is 66.7 Å². The highest BCUT2D eigenvalue weighted by molar-refractivity contribution is 5.85. The van der Waals surface area contributed by atoms with Crippen LogP contribution in [0.15, 0.2) is 23.3 Å². The molecule has 3 nitrogen and oxygen atoms in total. The summed E-state index contributed by atoms with van der Waals surface area (Å²) in [6.07, 6.45) is 8.02. The van der Waals surface area contributed by atoms with E-state index in [9.17, 15) is 9.59 Å². The van der Waals surface area contributed by atoms with Crippen LogP contribution in [0.4, 0.5) is 0 Å². The number of carboxylic acid groups (broad SMARTS) is 1. The molecule has 0 spiro atoms. The van der Waals surface area contributed by atoms with Crippen LogP contribution in [0.5, 0.6) is 0 Å². The molecule has 23 heavy (non-hydrogen) atoms. The molecule has 0 unspecified atom stereocenters. The summed E-state index contributed by atoms with van der Waals surface area (Å²) in [7, 11) is 0. The van der Waals surface area contributed by atoms with Crippen LogP contribution in [-0.4, -0.2) is 16.9 Å². The van der Waals surface area contributed by atoms with E-state index in [2.05, 4.69) is 33.8 Å². The van der Waals surface area contributed by atoms with E-state index in [-0.39, 0.29) is 10.8 Å². The van der Waals surface area contributed by atoms with E-state index in [1.807, 2.05) is 6.92 Å². The number of hydrogen-bond acceptors (Lipinski definition) is 2. The zero-order valence-electron chi connectivity index (χ0n) is 15.1. The zero-order chi connectivity index (χ0) is 17.4. The van der Waals surface area contributed by atoms with Gasteiger partial charge in [-0.15, -0.1) is 0 Å². The molecule has 2 rings (SSSR count). The van der Waals surface area contributed by atoms with E-state index in [1.165, 1.54) is 11.6 Å². The Labute approximate surface area is 139 Å². The summed E-state index contributed by atoms with van der Waals surface area (Å²) < 4.78 is 0. The molecule has 0 aromatic rings. The zero-order valence-corrected chi connectivity index (χ0v) is 15.1. The molecule has 128 valence electrons. The Kier molecular flexibility index (Phi) is 4.89. The van der Waals surface area contributed by atoms with Crippen molar-refractivity contribution in [3.63, 3.8) is 0 Å². The average Bonchev–Trinajstić information content (AvgIpc) is 2.42. The summed E-state index contributed by atoms with van der Waals surface area (Å²) >= 11 is 0. The summed E-state index contributed by atoms with van der Waals surface area (Å²) in [5.74, 6) is 0.347. The van der Waals surface area contributed by atoms with Crippen molar-refractivity contribution in [2.75, 3.05) is 0 Å². The molecule has 0 bridgehead atoms. The molecule has 0 aromatic heterocycles. The lowest BCUT2D eigenvalue weighted by atomic mass is 9.48. The Morgan fingerprint density at radius 2 is 2.04 bits per heavy atom. The van der Waals surface area contributed by atoms with Crippen LogP contribution in [-0.2, 0) is 9.59 Å². The first kappa shape index (κ1) is 18.0. The maximum absolute atomic E-state index is 12.4. The summed E-state index contributed by atoms with van der Waals surface area (Å²) in [5, 5.41) is 8.88. The lowest BCUT2D eigenvalue weighted by molar-refractivity contribution is -0.143. The predicted octanol–water partition coefficient (Wildman–Crippen LogP) is 4.78. The largest absolute Gasteiger partial charge is 0.478 e. The van der Waals surface area contributed by atoms with Crippen molar-refractivity contribution in [2.24, 2.45) is 22.7 Å². The monoisotopic (exact) mass is 318 g/mol. The normalized spacial score (nSPS) is 33.9. The molecular formula is C20H30O3. The SMILES string of the molecule is CC1=CC[C@H]2C(C)(C)C(=O)CC[C@]2(C)[C@H]1CC/C(C)=C/C(=O)O. The van der Waals surface area contributed by atoms with Crippen molar-refractivity contribution < 1.29 is 14.7 Å². The minimum Gasteiger partial charge on any atom is -0.478 e. The third-order valence-corrected chi connectivity index (χ3v) is 6.50. The fourth-order valence-electron chi connectivity index (χ4n) is 5.06. The van der Waals surface area contributed by atoms with E-state index >= 15 is 0 Å². The van der Waals surface area contributed by atoms with Crippen LogP contribution >= 0.6 is 0 Å². The van der Waals surface area contributed by atoms with Gasteiger partial charge in [0, 0.05) is 17.9 Å². The highest BCUT2D eigenvalue weighted by Gasteiger charge is 2.54. The topological polar surface area (TPSA) is 54.4 Å². The van der Waals surface area contributed by atoms with Crippen molar-refractivity contribution in [3.05, 3.63) is 23.3 Å². The second kappa shape index (κ2) is 6.26. The quantitative estimate of drug-likeness (QED) is 0.600. The number of fused-ring (bicyclic) bond motifs is 1. The van der Waals surface area contributed by atoms with Gasteiger partial charge in [-0.2, -0.15) is 0 Å². The van der Waals surface area contributed by atoms with Gasteiger partial charge in [0.2, 0.25) is 0 Å². The Morgan fingerprint density at radius 3 is 2.65 bits per heavy atom.